The molecule has 7 rings (SSSR count). The molecule has 0 radical (unpaired) electrons. The minimum absolute atomic E-state index is 0.184. The molecule has 4 aliphatic rings. The van der Waals surface area contributed by atoms with Crippen LogP contribution in [0.1, 0.15) is 34.7 Å². The van der Waals surface area contributed by atoms with Gasteiger partial charge < -0.3 is 4.90 Å². The summed E-state index contributed by atoms with van der Waals surface area (Å²) >= 11 is 0. The Labute approximate surface area is 171 Å². The zero-order chi connectivity index (χ0) is 19.4. The number of benzene rings is 2. The molecule has 4 aliphatic heterocycles. The number of piperidine rings is 3. The number of carbonyl (C=O) groups is 1. The lowest BCUT2D eigenvalue weighted by atomic mass is 9.75. The first-order chi connectivity index (χ1) is 14.3. The Kier molecular flexibility index (Phi) is 3.95. The van der Waals surface area contributed by atoms with Crippen LogP contribution in [0.15, 0.2) is 67.0 Å². The van der Waals surface area contributed by atoms with Gasteiger partial charge in [0.05, 0.1) is 6.04 Å². The van der Waals surface area contributed by atoms with Crippen LogP contribution in [-0.4, -0.2) is 52.4 Å². The summed E-state index contributed by atoms with van der Waals surface area (Å²) in [5.74, 6) is 1.20. The highest BCUT2D eigenvalue weighted by Gasteiger charge is 2.54. The summed E-state index contributed by atoms with van der Waals surface area (Å²) in [5.41, 5.74) is 2.18. The standard InChI is InChI=1S/C25H25N3O/c29-25(21-8-4-7-19-15-26-12-9-20(19)21)28-16-22(17-5-2-1-3-6-17)24-23(28)18-10-13-27(24)14-11-18/h1-9,12,15,18,22-24H,10-11,13-14,16H2/t22-,23+,24+/m1/s1. The zero-order valence-corrected chi connectivity index (χ0v) is 16.4. The van der Waals surface area contributed by atoms with Crippen LogP contribution in [0, 0.1) is 5.92 Å². The van der Waals surface area contributed by atoms with Crippen LogP contribution >= 0.6 is 0 Å². The van der Waals surface area contributed by atoms with Crippen molar-refractivity contribution in [2.45, 2.75) is 30.8 Å². The summed E-state index contributed by atoms with van der Waals surface area (Å²) in [7, 11) is 0. The van der Waals surface area contributed by atoms with Crippen molar-refractivity contribution < 1.29 is 4.79 Å². The average Bonchev–Trinajstić information content (AvgIpc) is 3.23. The predicted octanol–water partition coefficient (Wildman–Crippen LogP) is 3.94. The number of carbonyl (C=O) groups excluding carboxylic acids is 1. The number of hydrogen-bond donors (Lipinski definition) is 0. The normalized spacial score (nSPS) is 30.5. The van der Waals surface area contributed by atoms with Crippen LogP contribution in [0.3, 0.4) is 0 Å². The summed E-state index contributed by atoms with van der Waals surface area (Å²) in [6.07, 6.45) is 6.06. The number of aromatic nitrogens is 1. The van der Waals surface area contributed by atoms with Crippen molar-refractivity contribution in [3.63, 3.8) is 0 Å². The van der Waals surface area contributed by atoms with Crippen LogP contribution in [0.4, 0.5) is 0 Å². The quantitative estimate of drug-likeness (QED) is 0.673. The second kappa shape index (κ2) is 6.67. The van der Waals surface area contributed by atoms with E-state index in [9.17, 15) is 4.79 Å². The molecule has 2 bridgehead atoms. The lowest BCUT2D eigenvalue weighted by Crippen LogP contribution is -2.60. The molecule has 0 saturated carbocycles. The minimum Gasteiger partial charge on any atom is -0.333 e. The number of amides is 1. The van der Waals surface area contributed by atoms with Gasteiger partial charge in [-0.2, -0.15) is 0 Å². The molecule has 3 aromatic rings. The summed E-state index contributed by atoms with van der Waals surface area (Å²) in [6, 6.07) is 19.6. The van der Waals surface area contributed by atoms with Gasteiger partial charge in [-0.1, -0.05) is 42.5 Å². The van der Waals surface area contributed by atoms with E-state index in [2.05, 4.69) is 45.1 Å². The Morgan fingerprint density at radius 1 is 0.931 bits per heavy atom. The maximum atomic E-state index is 13.9. The van der Waals surface area contributed by atoms with Crippen LogP contribution in [0.2, 0.25) is 0 Å². The van der Waals surface area contributed by atoms with Gasteiger partial charge in [-0.05, 0) is 54.9 Å². The number of pyridine rings is 1. The molecule has 3 atom stereocenters. The third-order valence-electron chi connectivity index (χ3n) is 7.39. The van der Waals surface area contributed by atoms with Gasteiger partial charge in [0.2, 0.25) is 0 Å². The number of hydrogen-bond acceptors (Lipinski definition) is 3. The molecule has 0 unspecified atom stereocenters. The maximum absolute atomic E-state index is 13.9. The van der Waals surface area contributed by atoms with Gasteiger partial charge in [0, 0.05) is 41.8 Å². The van der Waals surface area contributed by atoms with Crippen molar-refractivity contribution in [2.24, 2.45) is 5.92 Å². The molecule has 1 amide bonds. The van der Waals surface area contributed by atoms with E-state index < -0.39 is 0 Å². The molecule has 4 nitrogen and oxygen atoms in total. The largest absolute Gasteiger partial charge is 0.333 e. The number of nitrogens with zero attached hydrogens (tertiary/aromatic N) is 3. The first-order valence-electron chi connectivity index (χ1n) is 10.7. The van der Waals surface area contributed by atoms with E-state index in [-0.39, 0.29) is 5.91 Å². The molecule has 0 spiro atoms. The highest BCUT2D eigenvalue weighted by Crippen LogP contribution is 2.47. The van der Waals surface area contributed by atoms with E-state index in [1.54, 1.807) is 6.20 Å². The topological polar surface area (TPSA) is 36.4 Å². The van der Waals surface area contributed by atoms with Gasteiger partial charge in [0.25, 0.3) is 5.91 Å². The first kappa shape index (κ1) is 17.2. The molecule has 5 heterocycles. The van der Waals surface area contributed by atoms with Gasteiger partial charge in [-0.15, -0.1) is 0 Å². The number of likely N-dealkylation sites (tertiary alicyclic amines) is 1. The molecular weight excluding hydrogens is 358 g/mol. The Morgan fingerprint density at radius 2 is 1.76 bits per heavy atom. The van der Waals surface area contributed by atoms with Crippen molar-refractivity contribution in [1.29, 1.82) is 0 Å². The molecule has 0 N–H and O–H groups in total. The average molecular weight is 383 g/mol. The smallest absolute Gasteiger partial charge is 0.254 e. The van der Waals surface area contributed by atoms with Crippen LogP contribution < -0.4 is 0 Å². The molecule has 4 fully saturated rings. The molecule has 4 heteroatoms. The van der Waals surface area contributed by atoms with E-state index in [0.29, 0.717) is 23.9 Å². The van der Waals surface area contributed by atoms with Crippen molar-refractivity contribution >= 4 is 16.7 Å². The summed E-state index contributed by atoms with van der Waals surface area (Å²) < 4.78 is 0. The molecule has 1 aromatic heterocycles. The zero-order valence-electron chi connectivity index (χ0n) is 16.4. The van der Waals surface area contributed by atoms with Gasteiger partial charge in [0.15, 0.2) is 0 Å². The second-order valence-corrected chi connectivity index (χ2v) is 8.73. The van der Waals surface area contributed by atoms with Crippen LogP contribution in [0.25, 0.3) is 10.8 Å². The Bertz CT molecular complexity index is 1050. The summed E-state index contributed by atoms with van der Waals surface area (Å²) in [4.78, 5) is 23.0. The van der Waals surface area contributed by atoms with Crippen LogP contribution in [0.5, 0.6) is 0 Å². The van der Waals surface area contributed by atoms with Crippen molar-refractivity contribution in [3.05, 3.63) is 78.1 Å². The van der Waals surface area contributed by atoms with Gasteiger partial charge in [-0.25, -0.2) is 0 Å². The van der Waals surface area contributed by atoms with E-state index >= 15 is 0 Å². The predicted molar refractivity (Wildman–Crippen MR) is 114 cm³/mol. The molecule has 0 aliphatic carbocycles. The SMILES string of the molecule is O=C(c1cccc2cnccc12)N1C[C@H](c2ccccc2)[C@H]2[C@@H]1C1CCN2CC1. The van der Waals surface area contributed by atoms with Gasteiger partial charge >= 0.3 is 0 Å². The molecule has 2 aromatic carbocycles. The molecule has 146 valence electrons. The fourth-order valence-electron chi connectivity index (χ4n) is 6.11. The van der Waals surface area contributed by atoms with Crippen molar-refractivity contribution in [3.8, 4) is 0 Å². The lowest BCUT2D eigenvalue weighted by Gasteiger charge is -2.51. The van der Waals surface area contributed by atoms with Gasteiger partial charge in [0.1, 0.15) is 0 Å². The molecule has 4 saturated heterocycles. The monoisotopic (exact) mass is 383 g/mol. The third kappa shape index (κ3) is 2.62. The number of rotatable bonds is 2. The number of fused-ring (bicyclic) bond motifs is 3. The fraction of sp³-hybridized carbons (Fsp3) is 0.360. The van der Waals surface area contributed by atoms with E-state index in [1.807, 2.05) is 30.5 Å². The minimum atomic E-state index is 0.184. The molecular formula is C25H25N3O. The Morgan fingerprint density at radius 3 is 2.59 bits per heavy atom. The third-order valence-corrected chi connectivity index (χ3v) is 7.39. The fourth-order valence-corrected chi connectivity index (χ4v) is 6.11. The van der Waals surface area contributed by atoms with Crippen LogP contribution in [-0.2, 0) is 0 Å². The van der Waals surface area contributed by atoms with Crippen molar-refractivity contribution in [2.75, 3.05) is 19.6 Å². The van der Waals surface area contributed by atoms with E-state index in [0.717, 1.165) is 22.9 Å². The maximum Gasteiger partial charge on any atom is 0.254 e. The summed E-state index contributed by atoms with van der Waals surface area (Å²) in [6.45, 7) is 3.17. The summed E-state index contributed by atoms with van der Waals surface area (Å²) in [5, 5.41) is 2.04. The van der Waals surface area contributed by atoms with E-state index in [4.69, 9.17) is 0 Å². The molecule has 29 heavy (non-hydrogen) atoms. The first-order valence-corrected chi connectivity index (χ1v) is 10.7. The second-order valence-electron chi connectivity index (χ2n) is 8.73. The van der Waals surface area contributed by atoms with Crippen molar-refractivity contribution in [1.82, 2.24) is 14.8 Å². The lowest BCUT2D eigenvalue weighted by molar-refractivity contribution is -0.00334. The highest BCUT2D eigenvalue weighted by atomic mass is 16.2. The highest BCUT2D eigenvalue weighted by molar-refractivity contribution is 6.07. The Hall–Kier alpha value is -2.72. The Balaban J connectivity index is 1.43. The van der Waals surface area contributed by atoms with E-state index in [1.165, 1.54) is 31.5 Å². The van der Waals surface area contributed by atoms with Gasteiger partial charge in [-0.3, -0.25) is 14.7 Å².